The van der Waals surface area contributed by atoms with Gasteiger partial charge in [0.25, 0.3) is 0 Å². The molecule has 138 valence electrons. The van der Waals surface area contributed by atoms with Crippen LogP contribution in [0.3, 0.4) is 0 Å². The Morgan fingerprint density at radius 1 is 1.22 bits per heavy atom. The number of furan rings is 1. The van der Waals surface area contributed by atoms with Gasteiger partial charge in [-0.25, -0.2) is 9.37 Å². The van der Waals surface area contributed by atoms with Crippen LogP contribution in [-0.2, 0) is 19.4 Å². The second kappa shape index (κ2) is 7.93. The maximum Gasteiger partial charge on any atom is 0.200 e. The standard InChI is InChI=1S/C18H15FN4O2S2/c1-23-17(15-3-2-8-24-15)21-22-18(23)27-11-13-10-26-16(20-13)9-25-14-6-4-12(19)5-7-14/h2-8,10H,9,11H2,1H3. The molecule has 0 radical (unpaired) electrons. The largest absolute Gasteiger partial charge is 0.486 e. The molecule has 0 spiro atoms. The number of thiazole rings is 1. The van der Waals surface area contributed by atoms with Crippen molar-refractivity contribution in [3.05, 3.63) is 64.6 Å². The van der Waals surface area contributed by atoms with E-state index < -0.39 is 0 Å². The van der Waals surface area contributed by atoms with Crippen molar-refractivity contribution in [2.24, 2.45) is 7.05 Å². The molecule has 0 saturated heterocycles. The molecule has 0 aliphatic rings. The summed E-state index contributed by atoms with van der Waals surface area (Å²) in [7, 11) is 1.91. The Morgan fingerprint density at radius 3 is 2.85 bits per heavy atom. The molecule has 0 saturated carbocycles. The van der Waals surface area contributed by atoms with Crippen molar-refractivity contribution in [1.82, 2.24) is 19.7 Å². The summed E-state index contributed by atoms with van der Waals surface area (Å²) in [6.07, 6.45) is 1.61. The maximum atomic E-state index is 12.9. The summed E-state index contributed by atoms with van der Waals surface area (Å²) >= 11 is 3.09. The fraction of sp³-hybridized carbons (Fsp3) is 0.167. The lowest BCUT2D eigenvalue weighted by atomic mass is 10.3. The summed E-state index contributed by atoms with van der Waals surface area (Å²) in [5.41, 5.74) is 0.949. The molecule has 0 fully saturated rings. The Balaban J connectivity index is 1.34. The van der Waals surface area contributed by atoms with E-state index >= 15 is 0 Å². The molecule has 0 amide bonds. The van der Waals surface area contributed by atoms with Gasteiger partial charge < -0.3 is 13.7 Å². The molecule has 27 heavy (non-hydrogen) atoms. The second-order valence-corrected chi connectivity index (χ2v) is 7.49. The molecule has 6 nitrogen and oxygen atoms in total. The van der Waals surface area contributed by atoms with Crippen molar-refractivity contribution in [3.8, 4) is 17.3 Å². The molecule has 0 N–H and O–H groups in total. The van der Waals surface area contributed by atoms with Crippen molar-refractivity contribution in [2.45, 2.75) is 17.5 Å². The van der Waals surface area contributed by atoms with E-state index in [0.29, 0.717) is 29.7 Å². The molecule has 4 rings (SSSR count). The minimum Gasteiger partial charge on any atom is -0.486 e. The number of benzene rings is 1. The molecule has 0 atom stereocenters. The van der Waals surface area contributed by atoms with E-state index in [-0.39, 0.29) is 5.82 Å². The molecule has 4 aromatic rings. The van der Waals surface area contributed by atoms with Gasteiger partial charge in [0.15, 0.2) is 16.7 Å². The fourth-order valence-corrected chi connectivity index (χ4v) is 3.97. The Bertz CT molecular complexity index is 1010. The summed E-state index contributed by atoms with van der Waals surface area (Å²) in [6.45, 7) is 0.355. The molecule has 3 heterocycles. The van der Waals surface area contributed by atoms with E-state index in [9.17, 15) is 4.39 Å². The lowest BCUT2D eigenvalue weighted by molar-refractivity contribution is 0.305. The van der Waals surface area contributed by atoms with Crippen LogP contribution in [-0.4, -0.2) is 19.7 Å². The number of hydrogen-bond donors (Lipinski definition) is 0. The van der Waals surface area contributed by atoms with Gasteiger partial charge in [-0.15, -0.1) is 21.5 Å². The van der Waals surface area contributed by atoms with Gasteiger partial charge in [0.05, 0.1) is 12.0 Å². The summed E-state index contributed by atoms with van der Waals surface area (Å²) < 4.78 is 25.8. The van der Waals surface area contributed by atoms with Gasteiger partial charge in [0, 0.05) is 18.2 Å². The van der Waals surface area contributed by atoms with Gasteiger partial charge in [-0.05, 0) is 36.4 Å². The zero-order valence-corrected chi connectivity index (χ0v) is 16.0. The Morgan fingerprint density at radius 2 is 2.07 bits per heavy atom. The van der Waals surface area contributed by atoms with Crippen LogP contribution in [0.25, 0.3) is 11.6 Å². The normalized spacial score (nSPS) is 11.0. The second-order valence-electron chi connectivity index (χ2n) is 5.61. The van der Waals surface area contributed by atoms with Crippen LogP contribution in [0, 0.1) is 5.82 Å². The van der Waals surface area contributed by atoms with Gasteiger partial charge in [-0.1, -0.05) is 11.8 Å². The Kier molecular flexibility index (Phi) is 5.21. The average Bonchev–Trinajstić information content (AvgIpc) is 3.41. The fourth-order valence-electron chi connectivity index (χ4n) is 2.36. The number of ether oxygens (including phenoxy) is 1. The Labute approximate surface area is 163 Å². The van der Waals surface area contributed by atoms with E-state index in [1.165, 1.54) is 23.5 Å². The van der Waals surface area contributed by atoms with Crippen molar-refractivity contribution in [1.29, 1.82) is 0 Å². The minimum atomic E-state index is -0.283. The van der Waals surface area contributed by atoms with E-state index in [4.69, 9.17) is 9.15 Å². The number of halogens is 1. The molecule has 0 aliphatic heterocycles. The first kappa shape index (κ1) is 17.7. The SMILES string of the molecule is Cn1c(SCc2csc(COc3ccc(F)cc3)n2)nnc1-c1ccco1. The minimum absolute atomic E-state index is 0.283. The highest BCUT2D eigenvalue weighted by molar-refractivity contribution is 7.98. The van der Waals surface area contributed by atoms with E-state index in [1.54, 1.807) is 30.2 Å². The molecule has 9 heteroatoms. The van der Waals surface area contributed by atoms with Gasteiger partial charge >= 0.3 is 0 Å². The lowest BCUT2D eigenvalue weighted by Gasteiger charge is -2.03. The summed E-state index contributed by atoms with van der Waals surface area (Å²) in [6, 6.07) is 9.62. The quantitative estimate of drug-likeness (QED) is 0.423. The third-order valence-corrected chi connectivity index (χ3v) is 5.63. The van der Waals surface area contributed by atoms with Crippen molar-refractivity contribution < 1.29 is 13.5 Å². The lowest BCUT2D eigenvalue weighted by Crippen LogP contribution is -1.96. The number of hydrogen-bond acceptors (Lipinski definition) is 7. The predicted molar refractivity (Wildman–Crippen MR) is 101 cm³/mol. The van der Waals surface area contributed by atoms with Crippen LogP contribution in [0.2, 0.25) is 0 Å². The summed E-state index contributed by atoms with van der Waals surface area (Å²) in [4.78, 5) is 4.57. The first-order valence-electron chi connectivity index (χ1n) is 8.07. The number of thioether (sulfide) groups is 1. The van der Waals surface area contributed by atoms with E-state index in [0.717, 1.165) is 15.9 Å². The monoisotopic (exact) mass is 402 g/mol. The topological polar surface area (TPSA) is 66.0 Å². The van der Waals surface area contributed by atoms with Gasteiger partial charge in [0.1, 0.15) is 23.2 Å². The van der Waals surface area contributed by atoms with Crippen LogP contribution in [0.15, 0.2) is 57.6 Å². The number of rotatable bonds is 7. The summed E-state index contributed by atoms with van der Waals surface area (Å²) in [5.74, 6) is 2.39. The molecule has 3 aromatic heterocycles. The van der Waals surface area contributed by atoms with Crippen LogP contribution < -0.4 is 4.74 Å². The molecular weight excluding hydrogens is 387 g/mol. The van der Waals surface area contributed by atoms with E-state index in [2.05, 4.69) is 15.2 Å². The first-order valence-corrected chi connectivity index (χ1v) is 9.93. The van der Waals surface area contributed by atoms with E-state index in [1.807, 2.05) is 29.1 Å². The molecule has 0 aliphatic carbocycles. The first-order chi connectivity index (χ1) is 13.2. The van der Waals surface area contributed by atoms with Gasteiger partial charge in [0.2, 0.25) is 0 Å². The van der Waals surface area contributed by atoms with Gasteiger partial charge in [-0.2, -0.15) is 0 Å². The molecule has 1 aromatic carbocycles. The summed E-state index contributed by atoms with van der Waals surface area (Å²) in [5, 5.41) is 12.0. The van der Waals surface area contributed by atoms with Crippen LogP contribution in [0.1, 0.15) is 10.7 Å². The average molecular weight is 402 g/mol. The zero-order chi connectivity index (χ0) is 18.6. The van der Waals surface area contributed by atoms with Crippen LogP contribution in [0.5, 0.6) is 5.75 Å². The third-order valence-electron chi connectivity index (χ3n) is 3.70. The van der Waals surface area contributed by atoms with Gasteiger partial charge in [-0.3, -0.25) is 0 Å². The van der Waals surface area contributed by atoms with Crippen LogP contribution >= 0.6 is 23.1 Å². The Hall–Kier alpha value is -2.65. The molecular formula is C18H15FN4O2S2. The van der Waals surface area contributed by atoms with Crippen molar-refractivity contribution in [3.63, 3.8) is 0 Å². The predicted octanol–water partition coefficient (Wildman–Crippen LogP) is 4.54. The van der Waals surface area contributed by atoms with Crippen molar-refractivity contribution >= 4 is 23.1 Å². The zero-order valence-electron chi connectivity index (χ0n) is 14.3. The highest BCUT2D eigenvalue weighted by Gasteiger charge is 2.14. The molecule has 0 unspecified atom stereocenters. The third kappa shape index (κ3) is 4.20. The highest BCUT2D eigenvalue weighted by atomic mass is 32.2. The number of nitrogens with zero attached hydrogens (tertiary/aromatic N) is 4. The number of aromatic nitrogens is 4. The smallest absolute Gasteiger partial charge is 0.200 e. The maximum absolute atomic E-state index is 12.9. The van der Waals surface area contributed by atoms with Crippen LogP contribution in [0.4, 0.5) is 4.39 Å². The van der Waals surface area contributed by atoms with Crippen molar-refractivity contribution in [2.75, 3.05) is 0 Å². The highest BCUT2D eigenvalue weighted by Crippen LogP contribution is 2.26. The molecule has 0 bridgehead atoms.